The quantitative estimate of drug-likeness (QED) is 0.808. The van der Waals surface area contributed by atoms with Crippen LogP contribution in [0.4, 0.5) is 5.69 Å². The molecule has 0 spiro atoms. The lowest BCUT2D eigenvalue weighted by Crippen LogP contribution is -2.50. The molecule has 1 saturated carbocycles. The molecule has 2 aliphatic rings. The molecule has 1 atom stereocenters. The van der Waals surface area contributed by atoms with E-state index in [-0.39, 0.29) is 24.7 Å². The average Bonchev–Trinajstić information content (AvgIpc) is 3.21. The van der Waals surface area contributed by atoms with Gasteiger partial charge >= 0.3 is 5.97 Å². The van der Waals surface area contributed by atoms with Crippen molar-refractivity contribution in [2.45, 2.75) is 44.1 Å². The van der Waals surface area contributed by atoms with Gasteiger partial charge in [-0.2, -0.15) is 0 Å². The van der Waals surface area contributed by atoms with E-state index in [0.29, 0.717) is 25.1 Å². The van der Waals surface area contributed by atoms with Gasteiger partial charge in [0, 0.05) is 18.7 Å². The summed E-state index contributed by atoms with van der Waals surface area (Å²) in [5, 5.41) is 12.1. The van der Waals surface area contributed by atoms with E-state index in [1.807, 2.05) is 0 Å². The Hall–Kier alpha value is -2.57. The standard InChI is InChI=1S/C19H24N2O5/c1-26-15-6-4-14(5-7-15)21-12-13(10-16(21)22)18(25)20-19(11-17(23)24)8-2-3-9-19/h4-7,13H,2-3,8-12H2,1H3,(H,20,25)(H,23,24). The lowest BCUT2D eigenvalue weighted by atomic mass is 9.92. The zero-order valence-electron chi connectivity index (χ0n) is 14.9. The summed E-state index contributed by atoms with van der Waals surface area (Å²) in [5.74, 6) is -0.997. The number of ether oxygens (including phenoxy) is 1. The summed E-state index contributed by atoms with van der Waals surface area (Å²) in [5.41, 5.74) is 0.0617. The first kappa shape index (κ1) is 18.2. The van der Waals surface area contributed by atoms with Crippen molar-refractivity contribution in [2.75, 3.05) is 18.6 Å². The molecule has 2 fully saturated rings. The van der Waals surface area contributed by atoms with Gasteiger partial charge in [0.05, 0.1) is 25.0 Å². The van der Waals surface area contributed by atoms with Gasteiger partial charge in [-0.25, -0.2) is 0 Å². The molecule has 1 unspecified atom stereocenters. The van der Waals surface area contributed by atoms with Crippen LogP contribution in [0.3, 0.4) is 0 Å². The van der Waals surface area contributed by atoms with Crippen LogP contribution < -0.4 is 15.0 Å². The first-order valence-corrected chi connectivity index (χ1v) is 8.91. The first-order chi connectivity index (χ1) is 12.4. The number of carbonyl (C=O) groups excluding carboxylic acids is 2. The molecule has 7 heteroatoms. The summed E-state index contributed by atoms with van der Waals surface area (Å²) in [6.45, 7) is 0.306. The molecule has 2 amide bonds. The van der Waals surface area contributed by atoms with Crippen molar-refractivity contribution in [1.82, 2.24) is 5.32 Å². The van der Waals surface area contributed by atoms with E-state index in [1.165, 1.54) is 0 Å². The smallest absolute Gasteiger partial charge is 0.305 e. The number of aliphatic carboxylic acids is 1. The van der Waals surface area contributed by atoms with Crippen LogP contribution >= 0.6 is 0 Å². The Morgan fingerprint density at radius 3 is 2.50 bits per heavy atom. The molecular weight excluding hydrogens is 336 g/mol. The third-order valence-corrected chi connectivity index (χ3v) is 5.32. The van der Waals surface area contributed by atoms with Gasteiger partial charge in [0.25, 0.3) is 0 Å². The van der Waals surface area contributed by atoms with Gasteiger partial charge in [-0.1, -0.05) is 12.8 Å². The Balaban J connectivity index is 1.67. The molecule has 0 aromatic heterocycles. The summed E-state index contributed by atoms with van der Waals surface area (Å²) >= 11 is 0. The van der Waals surface area contributed by atoms with E-state index in [4.69, 9.17) is 9.84 Å². The van der Waals surface area contributed by atoms with Gasteiger partial charge in [-0.15, -0.1) is 0 Å². The molecule has 3 rings (SSSR count). The Bertz CT molecular complexity index is 694. The highest BCUT2D eigenvalue weighted by atomic mass is 16.5. The highest BCUT2D eigenvalue weighted by Crippen LogP contribution is 2.34. The Morgan fingerprint density at radius 1 is 1.27 bits per heavy atom. The number of carbonyl (C=O) groups is 3. The minimum Gasteiger partial charge on any atom is -0.497 e. The van der Waals surface area contributed by atoms with E-state index in [2.05, 4.69) is 5.32 Å². The van der Waals surface area contributed by atoms with Crippen LogP contribution in [0.5, 0.6) is 5.75 Å². The lowest BCUT2D eigenvalue weighted by molar-refractivity contribution is -0.139. The second-order valence-electron chi connectivity index (χ2n) is 7.15. The fourth-order valence-corrected chi connectivity index (χ4v) is 3.95. The first-order valence-electron chi connectivity index (χ1n) is 8.91. The van der Waals surface area contributed by atoms with Crippen LogP contribution in [0, 0.1) is 5.92 Å². The number of hydrogen-bond donors (Lipinski definition) is 2. The van der Waals surface area contributed by atoms with E-state index >= 15 is 0 Å². The minimum atomic E-state index is -0.908. The number of methoxy groups -OCH3 is 1. The highest BCUT2D eigenvalue weighted by Gasteiger charge is 2.41. The molecule has 2 N–H and O–H groups in total. The van der Waals surface area contributed by atoms with E-state index < -0.39 is 17.4 Å². The minimum absolute atomic E-state index is 0.0679. The SMILES string of the molecule is COc1ccc(N2CC(C(=O)NC3(CC(=O)O)CCCC3)CC2=O)cc1. The fourth-order valence-electron chi connectivity index (χ4n) is 3.95. The lowest BCUT2D eigenvalue weighted by Gasteiger charge is -2.30. The predicted molar refractivity (Wildman–Crippen MR) is 95.0 cm³/mol. The number of carboxylic acids is 1. The van der Waals surface area contributed by atoms with Crippen molar-refractivity contribution >= 4 is 23.5 Å². The number of benzene rings is 1. The number of anilines is 1. The maximum atomic E-state index is 12.7. The van der Waals surface area contributed by atoms with Crippen molar-refractivity contribution in [1.29, 1.82) is 0 Å². The number of amides is 2. The summed E-state index contributed by atoms with van der Waals surface area (Å²) in [4.78, 5) is 37.8. The number of carboxylic acid groups (broad SMARTS) is 1. The molecule has 1 saturated heterocycles. The van der Waals surface area contributed by atoms with Crippen molar-refractivity contribution < 1.29 is 24.2 Å². The van der Waals surface area contributed by atoms with Crippen molar-refractivity contribution in [3.63, 3.8) is 0 Å². The zero-order chi connectivity index (χ0) is 18.7. The summed E-state index contributed by atoms with van der Waals surface area (Å²) < 4.78 is 5.12. The topological polar surface area (TPSA) is 95.9 Å². The number of rotatable bonds is 6. The second-order valence-corrected chi connectivity index (χ2v) is 7.15. The van der Waals surface area contributed by atoms with Gasteiger partial charge in [0.1, 0.15) is 5.75 Å². The molecule has 1 heterocycles. The van der Waals surface area contributed by atoms with Crippen LogP contribution in [0.25, 0.3) is 0 Å². The molecule has 1 aliphatic carbocycles. The van der Waals surface area contributed by atoms with Crippen LogP contribution in [-0.2, 0) is 14.4 Å². The van der Waals surface area contributed by atoms with Crippen molar-refractivity contribution in [2.24, 2.45) is 5.92 Å². The van der Waals surface area contributed by atoms with E-state index in [0.717, 1.165) is 18.5 Å². The zero-order valence-corrected chi connectivity index (χ0v) is 14.9. The number of hydrogen-bond acceptors (Lipinski definition) is 4. The molecule has 0 radical (unpaired) electrons. The molecular formula is C19H24N2O5. The van der Waals surface area contributed by atoms with Crippen LogP contribution in [0.2, 0.25) is 0 Å². The monoisotopic (exact) mass is 360 g/mol. The van der Waals surface area contributed by atoms with Gasteiger partial charge in [-0.3, -0.25) is 14.4 Å². The third-order valence-electron chi connectivity index (χ3n) is 5.32. The Morgan fingerprint density at radius 2 is 1.92 bits per heavy atom. The van der Waals surface area contributed by atoms with Gasteiger partial charge in [0.15, 0.2) is 0 Å². The average molecular weight is 360 g/mol. The maximum Gasteiger partial charge on any atom is 0.305 e. The fraction of sp³-hybridized carbons (Fsp3) is 0.526. The van der Waals surface area contributed by atoms with Gasteiger partial charge in [-0.05, 0) is 37.1 Å². The molecule has 1 aromatic rings. The van der Waals surface area contributed by atoms with Gasteiger partial charge < -0.3 is 20.1 Å². The van der Waals surface area contributed by atoms with Crippen LogP contribution in [0.15, 0.2) is 24.3 Å². The normalized spacial score (nSPS) is 21.7. The van der Waals surface area contributed by atoms with Crippen molar-refractivity contribution in [3.8, 4) is 5.75 Å². The number of nitrogens with zero attached hydrogens (tertiary/aromatic N) is 1. The molecule has 26 heavy (non-hydrogen) atoms. The van der Waals surface area contributed by atoms with Crippen LogP contribution in [-0.4, -0.2) is 42.1 Å². The molecule has 0 bridgehead atoms. The highest BCUT2D eigenvalue weighted by molar-refractivity contribution is 6.00. The summed E-state index contributed by atoms with van der Waals surface area (Å²) in [7, 11) is 1.58. The molecule has 7 nitrogen and oxygen atoms in total. The molecule has 1 aliphatic heterocycles. The third kappa shape index (κ3) is 3.81. The number of nitrogens with one attached hydrogen (secondary N) is 1. The second kappa shape index (κ2) is 7.35. The van der Waals surface area contributed by atoms with Gasteiger partial charge in [0.2, 0.25) is 11.8 Å². The summed E-state index contributed by atoms with van der Waals surface area (Å²) in [6.07, 6.45) is 3.24. The molecule has 140 valence electrons. The largest absolute Gasteiger partial charge is 0.497 e. The van der Waals surface area contributed by atoms with Crippen LogP contribution in [0.1, 0.15) is 38.5 Å². The Kier molecular flexibility index (Phi) is 5.15. The predicted octanol–water partition coefficient (Wildman–Crippen LogP) is 1.95. The van der Waals surface area contributed by atoms with E-state index in [1.54, 1.807) is 36.3 Å². The van der Waals surface area contributed by atoms with E-state index in [9.17, 15) is 14.4 Å². The molecule has 1 aromatic carbocycles. The van der Waals surface area contributed by atoms with Crippen molar-refractivity contribution in [3.05, 3.63) is 24.3 Å². The summed E-state index contributed by atoms with van der Waals surface area (Å²) in [6, 6.07) is 7.13. The maximum absolute atomic E-state index is 12.7. The Labute approximate surface area is 152 Å².